The van der Waals surface area contributed by atoms with Gasteiger partial charge in [0.1, 0.15) is 6.10 Å². The van der Waals surface area contributed by atoms with Crippen molar-refractivity contribution in [2.75, 3.05) is 11.0 Å². The van der Waals surface area contributed by atoms with Gasteiger partial charge in [-0.15, -0.1) is 6.42 Å². The zero-order chi connectivity index (χ0) is 13.2. The molecule has 0 saturated heterocycles. The molecule has 0 radical (unpaired) electrons. The summed E-state index contributed by atoms with van der Waals surface area (Å²) in [5.74, 6) is 2.69. The van der Waals surface area contributed by atoms with Crippen molar-refractivity contribution in [1.82, 2.24) is 0 Å². The van der Waals surface area contributed by atoms with Gasteiger partial charge >= 0.3 is 0 Å². The molecule has 3 heteroatoms. The zero-order valence-electron chi connectivity index (χ0n) is 10.6. The lowest BCUT2D eigenvalue weighted by Gasteiger charge is -2.20. The maximum atomic E-state index is 5.75. The predicted molar refractivity (Wildman–Crippen MR) is 82.8 cm³/mol. The summed E-state index contributed by atoms with van der Waals surface area (Å²) in [5.41, 5.74) is 1.28. The highest BCUT2D eigenvalue weighted by molar-refractivity contribution is 14.1. The van der Waals surface area contributed by atoms with Crippen LogP contribution < -0.4 is 0 Å². The summed E-state index contributed by atoms with van der Waals surface area (Å²) in [7, 11) is 0. The molecule has 0 aliphatic heterocycles. The van der Waals surface area contributed by atoms with Crippen molar-refractivity contribution >= 4 is 22.6 Å². The third kappa shape index (κ3) is 5.85. The largest absolute Gasteiger partial charge is 0.352 e. The molecule has 98 valence electrons. The molecule has 1 aromatic rings. The van der Waals surface area contributed by atoms with E-state index in [1.165, 1.54) is 5.56 Å². The first-order valence-electron chi connectivity index (χ1n) is 6.13. The van der Waals surface area contributed by atoms with Crippen molar-refractivity contribution in [2.24, 2.45) is 0 Å². The van der Waals surface area contributed by atoms with E-state index in [-0.39, 0.29) is 12.4 Å². The first kappa shape index (κ1) is 15.5. The SMILES string of the molecule is C#CC(CCc1ccccc1)OC(CI)OCC. The molecule has 0 heterocycles. The van der Waals surface area contributed by atoms with Crippen LogP contribution in [0.4, 0.5) is 0 Å². The van der Waals surface area contributed by atoms with Gasteiger partial charge in [0.25, 0.3) is 0 Å². The van der Waals surface area contributed by atoms with Gasteiger partial charge in [-0.2, -0.15) is 0 Å². The number of hydrogen-bond donors (Lipinski definition) is 0. The zero-order valence-corrected chi connectivity index (χ0v) is 12.8. The lowest BCUT2D eigenvalue weighted by atomic mass is 10.1. The lowest BCUT2D eigenvalue weighted by Crippen LogP contribution is -2.25. The van der Waals surface area contributed by atoms with E-state index < -0.39 is 0 Å². The van der Waals surface area contributed by atoms with E-state index >= 15 is 0 Å². The van der Waals surface area contributed by atoms with E-state index in [0.717, 1.165) is 17.3 Å². The quantitative estimate of drug-likeness (QED) is 0.307. The molecule has 2 atom stereocenters. The lowest BCUT2D eigenvalue weighted by molar-refractivity contribution is -0.139. The molecule has 0 aliphatic rings. The van der Waals surface area contributed by atoms with Crippen LogP contribution in [0.5, 0.6) is 0 Å². The molecule has 0 aromatic heterocycles. The van der Waals surface area contributed by atoms with Crippen molar-refractivity contribution in [1.29, 1.82) is 0 Å². The first-order valence-corrected chi connectivity index (χ1v) is 7.65. The third-order valence-corrected chi connectivity index (χ3v) is 3.24. The minimum Gasteiger partial charge on any atom is -0.352 e. The van der Waals surface area contributed by atoms with Crippen LogP contribution in [0.25, 0.3) is 0 Å². The third-order valence-electron chi connectivity index (χ3n) is 2.52. The molecular weight excluding hydrogens is 339 g/mol. The number of halogens is 1. The van der Waals surface area contributed by atoms with Gasteiger partial charge in [0.05, 0.1) is 4.43 Å². The van der Waals surface area contributed by atoms with Crippen LogP contribution in [0.1, 0.15) is 18.9 Å². The maximum absolute atomic E-state index is 5.75. The molecule has 0 aliphatic carbocycles. The highest BCUT2D eigenvalue weighted by Gasteiger charge is 2.13. The number of alkyl halides is 1. The minimum absolute atomic E-state index is 0.184. The van der Waals surface area contributed by atoms with E-state index in [2.05, 4.69) is 40.6 Å². The summed E-state index contributed by atoms with van der Waals surface area (Å²) >= 11 is 2.24. The fraction of sp³-hybridized carbons (Fsp3) is 0.467. The molecule has 1 rings (SSSR count). The van der Waals surface area contributed by atoms with Crippen molar-refractivity contribution in [3.63, 3.8) is 0 Å². The second-order valence-corrected chi connectivity index (χ2v) is 4.74. The van der Waals surface area contributed by atoms with Crippen LogP contribution >= 0.6 is 22.6 Å². The highest BCUT2D eigenvalue weighted by atomic mass is 127. The van der Waals surface area contributed by atoms with Crippen molar-refractivity contribution in [2.45, 2.75) is 32.2 Å². The van der Waals surface area contributed by atoms with Gasteiger partial charge in [-0.25, -0.2) is 0 Å². The molecule has 0 amide bonds. The molecule has 0 N–H and O–H groups in total. The Bertz CT molecular complexity index is 359. The average Bonchev–Trinajstić information content (AvgIpc) is 2.43. The van der Waals surface area contributed by atoms with E-state index in [9.17, 15) is 0 Å². The topological polar surface area (TPSA) is 18.5 Å². The van der Waals surface area contributed by atoms with E-state index in [0.29, 0.717) is 6.61 Å². The summed E-state index contributed by atoms with van der Waals surface area (Å²) in [6.07, 6.45) is 6.86. The van der Waals surface area contributed by atoms with Gasteiger partial charge in [-0.3, -0.25) is 0 Å². The van der Waals surface area contributed by atoms with Gasteiger partial charge in [0.2, 0.25) is 0 Å². The summed E-state index contributed by atoms with van der Waals surface area (Å²) in [6, 6.07) is 10.3. The molecular formula is C15H19IO2. The number of ether oxygens (including phenoxy) is 2. The maximum Gasteiger partial charge on any atom is 0.168 e. The number of benzene rings is 1. The Morgan fingerprint density at radius 1 is 1.33 bits per heavy atom. The second kappa shape index (κ2) is 9.37. The van der Waals surface area contributed by atoms with Crippen LogP contribution in [0.2, 0.25) is 0 Å². The molecule has 18 heavy (non-hydrogen) atoms. The molecule has 2 unspecified atom stereocenters. The van der Waals surface area contributed by atoms with Gasteiger partial charge < -0.3 is 9.47 Å². The van der Waals surface area contributed by atoms with E-state index in [1.54, 1.807) is 0 Å². The van der Waals surface area contributed by atoms with Gasteiger partial charge in [-0.1, -0.05) is 58.8 Å². The molecule has 0 fully saturated rings. The van der Waals surface area contributed by atoms with Crippen molar-refractivity contribution < 1.29 is 9.47 Å². The fourth-order valence-corrected chi connectivity index (χ4v) is 2.08. The normalized spacial score (nSPS) is 13.8. The molecule has 1 aromatic carbocycles. The first-order chi connectivity index (χ1) is 8.80. The standard InChI is InChI=1S/C15H19IO2/c1-3-14(18-15(12-16)17-4-2)11-10-13-8-6-5-7-9-13/h1,5-9,14-15H,4,10-12H2,2H3. The number of aryl methyl sites for hydroxylation is 1. The van der Waals surface area contributed by atoms with Gasteiger partial charge in [0.15, 0.2) is 6.29 Å². The number of rotatable bonds is 8. The van der Waals surface area contributed by atoms with Crippen LogP contribution in [0.3, 0.4) is 0 Å². The summed E-state index contributed by atoms with van der Waals surface area (Å²) in [5, 5.41) is 0. The Balaban J connectivity index is 2.40. The second-order valence-electron chi connectivity index (χ2n) is 3.85. The summed E-state index contributed by atoms with van der Waals surface area (Å²) in [4.78, 5) is 0. The van der Waals surface area contributed by atoms with Gasteiger partial charge in [0, 0.05) is 6.61 Å². The minimum atomic E-state index is -0.201. The van der Waals surface area contributed by atoms with Crippen molar-refractivity contribution in [3.8, 4) is 12.3 Å². The Kier molecular flexibility index (Phi) is 8.06. The summed E-state index contributed by atoms with van der Waals surface area (Å²) in [6.45, 7) is 2.60. The predicted octanol–water partition coefficient (Wildman–Crippen LogP) is 3.44. The smallest absolute Gasteiger partial charge is 0.168 e. The Morgan fingerprint density at radius 3 is 2.61 bits per heavy atom. The fourth-order valence-electron chi connectivity index (χ4n) is 1.62. The summed E-state index contributed by atoms with van der Waals surface area (Å²) < 4.78 is 12.0. The van der Waals surface area contributed by atoms with Crippen LogP contribution in [0.15, 0.2) is 30.3 Å². The Hall–Kier alpha value is -0.570. The molecule has 2 nitrogen and oxygen atoms in total. The van der Waals surface area contributed by atoms with Crippen LogP contribution in [0, 0.1) is 12.3 Å². The molecule has 0 bridgehead atoms. The van der Waals surface area contributed by atoms with E-state index in [1.807, 2.05) is 25.1 Å². The van der Waals surface area contributed by atoms with Gasteiger partial charge in [-0.05, 0) is 25.3 Å². The van der Waals surface area contributed by atoms with Crippen molar-refractivity contribution in [3.05, 3.63) is 35.9 Å². The van der Waals surface area contributed by atoms with Crippen LogP contribution in [-0.2, 0) is 15.9 Å². The molecule has 0 spiro atoms. The number of terminal acetylenes is 1. The number of hydrogen-bond acceptors (Lipinski definition) is 2. The monoisotopic (exact) mass is 358 g/mol. The van der Waals surface area contributed by atoms with E-state index in [4.69, 9.17) is 15.9 Å². The average molecular weight is 358 g/mol. The molecule has 0 saturated carbocycles. The van der Waals surface area contributed by atoms with Crippen LogP contribution in [-0.4, -0.2) is 23.4 Å². The highest BCUT2D eigenvalue weighted by Crippen LogP contribution is 2.11. The Labute approximate surface area is 123 Å². The Morgan fingerprint density at radius 2 is 2.06 bits per heavy atom.